The number of amides is 1. The van der Waals surface area contributed by atoms with Gasteiger partial charge in [0.1, 0.15) is 17.4 Å². The summed E-state index contributed by atoms with van der Waals surface area (Å²) in [5, 5.41) is 7.42. The van der Waals surface area contributed by atoms with Crippen molar-refractivity contribution < 1.29 is 22.7 Å². The highest BCUT2D eigenvalue weighted by Crippen LogP contribution is 2.41. The second-order valence-corrected chi connectivity index (χ2v) is 10.1. The van der Waals surface area contributed by atoms with E-state index < -0.39 is 11.9 Å². The number of hydrogen-bond acceptors (Lipinski definition) is 7. The van der Waals surface area contributed by atoms with Crippen molar-refractivity contribution in [2.45, 2.75) is 26.1 Å². The van der Waals surface area contributed by atoms with Crippen LogP contribution < -0.4 is 15.0 Å². The molecule has 10 nitrogen and oxygen atoms in total. The second kappa shape index (κ2) is 10.2. The van der Waals surface area contributed by atoms with Gasteiger partial charge >= 0.3 is 6.18 Å². The number of anilines is 2. The molecule has 0 bridgehead atoms. The van der Waals surface area contributed by atoms with E-state index in [1.165, 1.54) is 13.2 Å². The molecule has 0 saturated carbocycles. The normalized spacial score (nSPS) is 13.5. The summed E-state index contributed by atoms with van der Waals surface area (Å²) in [6.45, 7) is 2.27. The summed E-state index contributed by atoms with van der Waals surface area (Å²) >= 11 is 0. The van der Waals surface area contributed by atoms with Gasteiger partial charge in [0.05, 0.1) is 24.6 Å². The van der Waals surface area contributed by atoms with E-state index in [0.717, 1.165) is 10.4 Å². The van der Waals surface area contributed by atoms with Gasteiger partial charge in [-0.1, -0.05) is 0 Å². The molecule has 0 unspecified atom stereocenters. The van der Waals surface area contributed by atoms with Gasteiger partial charge in [0.2, 0.25) is 0 Å². The first kappa shape index (κ1) is 27.2. The third kappa shape index (κ3) is 4.70. The molecule has 1 N–H and O–H groups in total. The Morgan fingerprint density at radius 2 is 1.88 bits per heavy atom. The molecule has 0 radical (unpaired) electrons. The summed E-state index contributed by atoms with van der Waals surface area (Å²) in [7, 11) is 4.77. The van der Waals surface area contributed by atoms with Crippen LogP contribution in [-0.2, 0) is 26.2 Å². The predicted molar refractivity (Wildman–Crippen MR) is 151 cm³/mol. The summed E-state index contributed by atoms with van der Waals surface area (Å²) in [5.74, 6) is 1.08. The van der Waals surface area contributed by atoms with Crippen LogP contribution >= 0.6 is 0 Å². The van der Waals surface area contributed by atoms with Crippen LogP contribution in [0.15, 0.2) is 49.2 Å². The molecule has 3 aromatic heterocycles. The highest BCUT2D eigenvalue weighted by atomic mass is 19.4. The Bertz CT molecular complexity index is 1830. The molecule has 0 atom stereocenters. The number of halogens is 3. The molecule has 4 heterocycles. The first-order valence-corrected chi connectivity index (χ1v) is 13.2. The van der Waals surface area contributed by atoms with E-state index in [1.54, 1.807) is 67.5 Å². The minimum Gasteiger partial charge on any atom is -0.495 e. The van der Waals surface area contributed by atoms with Gasteiger partial charge in [0, 0.05) is 62.3 Å². The average Bonchev–Trinajstić information content (AvgIpc) is 3.61. The zero-order chi connectivity index (χ0) is 29.8. The highest BCUT2D eigenvalue weighted by molar-refractivity contribution is 6.12. The molecule has 5 aromatic rings. The minimum atomic E-state index is -4.67. The third-order valence-electron chi connectivity index (χ3n) is 7.32. The first-order chi connectivity index (χ1) is 20.1. The number of hydrogen-bond donors (Lipinski definition) is 1. The molecule has 6 rings (SSSR count). The lowest BCUT2D eigenvalue weighted by molar-refractivity contribution is -0.140. The number of rotatable bonds is 6. The number of ether oxygens (including phenoxy) is 1. The Kier molecular flexibility index (Phi) is 6.59. The lowest BCUT2D eigenvalue weighted by Gasteiger charge is -2.31. The van der Waals surface area contributed by atoms with Crippen LogP contribution in [0.25, 0.3) is 22.0 Å². The number of aryl methyl sites for hydroxylation is 2. The fraction of sp³-hybridized carbons (Fsp3) is 0.276. The second-order valence-electron chi connectivity index (χ2n) is 10.1. The van der Waals surface area contributed by atoms with Crippen LogP contribution in [0.3, 0.4) is 0 Å². The van der Waals surface area contributed by atoms with Gasteiger partial charge in [-0.25, -0.2) is 15.0 Å². The zero-order valence-corrected chi connectivity index (χ0v) is 23.3. The van der Waals surface area contributed by atoms with Crippen molar-refractivity contribution in [3.05, 3.63) is 77.4 Å². The topological polar surface area (TPSA) is 103 Å². The first-order valence-electron chi connectivity index (χ1n) is 13.2. The van der Waals surface area contributed by atoms with Gasteiger partial charge in [-0.15, -0.1) is 0 Å². The number of carbonyl (C=O) groups is 1. The molecule has 216 valence electrons. The van der Waals surface area contributed by atoms with Crippen LogP contribution in [0.2, 0.25) is 0 Å². The molecular formula is C29H27F3N8O2. The summed E-state index contributed by atoms with van der Waals surface area (Å²) < 4.78 is 50.6. The minimum absolute atomic E-state index is 0.0670. The van der Waals surface area contributed by atoms with Crippen LogP contribution in [0.1, 0.15) is 33.0 Å². The maximum atomic E-state index is 14.2. The smallest absolute Gasteiger partial charge is 0.435 e. The Morgan fingerprint density at radius 1 is 1.10 bits per heavy atom. The van der Waals surface area contributed by atoms with E-state index >= 15 is 0 Å². The molecule has 0 aliphatic carbocycles. The summed E-state index contributed by atoms with van der Waals surface area (Å²) in [6, 6.07) is 7.07. The lowest BCUT2D eigenvalue weighted by Crippen LogP contribution is -2.39. The Morgan fingerprint density at radius 3 is 2.57 bits per heavy atom. The number of methoxy groups -OCH3 is 1. The van der Waals surface area contributed by atoms with E-state index in [9.17, 15) is 18.0 Å². The Labute approximate surface area is 238 Å². The van der Waals surface area contributed by atoms with Crippen LogP contribution in [0.4, 0.5) is 24.7 Å². The number of imidazole rings is 1. The number of aromatic nitrogens is 6. The van der Waals surface area contributed by atoms with Gasteiger partial charge in [-0.2, -0.15) is 18.3 Å². The Hall–Kier alpha value is -4.94. The van der Waals surface area contributed by atoms with Crippen molar-refractivity contribution >= 4 is 28.3 Å². The monoisotopic (exact) mass is 576 g/mol. The SMILES string of the molecule is CNc1cc2nc(C)nc(N3CCc4c(cc(Cn5ccnc5)cc4-c4cn(C)nc4C(F)(F)F)C3=O)c2cc1OC. The number of benzene rings is 2. The Balaban J connectivity index is 1.53. The molecule has 13 heteroatoms. The fourth-order valence-corrected chi connectivity index (χ4v) is 5.50. The van der Waals surface area contributed by atoms with Gasteiger partial charge < -0.3 is 14.6 Å². The molecule has 0 saturated heterocycles. The molecule has 1 aliphatic rings. The van der Waals surface area contributed by atoms with E-state index in [4.69, 9.17) is 4.74 Å². The highest BCUT2D eigenvalue weighted by Gasteiger charge is 2.39. The van der Waals surface area contributed by atoms with Crippen molar-refractivity contribution in [3.63, 3.8) is 0 Å². The van der Waals surface area contributed by atoms with Crippen molar-refractivity contribution in [2.75, 3.05) is 30.9 Å². The van der Waals surface area contributed by atoms with Crippen molar-refractivity contribution in [1.29, 1.82) is 0 Å². The predicted octanol–water partition coefficient (Wildman–Crippen LogP) is 4.86. The molecule has 1 aliphatic heterocycles. The molecule has 1 amide bonds. The quantitative estimate of drug-likeness (QED) is 0.308. The van der Waals surface area contributed by atoms with Crippen LogP contribution in [0.5, 0.6) is 5.75 Å². The summed E-state index contributed by atoms with van der Waals surface area (Å²) in [5.41, 5.74) is 2.13. The number of nitrogens with one attached hydrogen (secondary N) is 1. The molecular weight excluding hydrogens is 549 g/mol. The van der Waals surface area contributed by atoms with Crippen molar-refractivity contribution in [2.24, 2.45) is 7.05 Å². The standard InChI is InChI=1S/C29H27F3N8O2/c1-16-35-23-12-24(33-2)25(42-4)11-21(23)27(36-16)40-7-5-18-19(22-14-38(3)37-26(22)29(30,31)32)9-17(10-20(18)28(40)41)13-39-8-6-34-15-39/h6,8-12,14-15,33H,5,7,13H2,1-4H3. The lowest BCUT2D eigenvalue weighted by atomic mass is 9.88. The third-order valence-corrected chi connectivity index (χ3v) is 7.32. The molecule has 42 heavy (non-hydrogen) atoms. The van der Waals surface area contributed by atoms with E-state index in [0.29, 0.717) is 63.5 Å². The van der Waals surface area contributed by atoms with Gasteiger partial charge in [-0.3, -0.25) is 14.4 Å². The number of alkyl halides is 3. The molecule has 0 spiro atoms. The van der Waals surface area contributed by atoms with Crippen LogP contribution in [0, 0.1) is 6.92 Å². The number of fused-ring (bicyclic) bond motifs is 2. The van der Waals surface area contributed by atoms with Crippen molar-refractivity contribution in [3.8, 4) is 16.9 Å². The van der Waals surface area contributed by atoms with Crippen LogP contribution in [-0.4, -0.2) is 55.9 Å². The molecule has 2 aromatic carbocycles. The van der Waals surface area contributed by atoms with Gasteiger partial charge in [0.15, 0.2) is 5.69 Å². The molecule has 0 fully saturated rings. The van der Waals surface area contributed by atoms with Gasteiger partial charge in [-0.05, 0) is 54.3 Å². The summed E-state index contributed by atoms with van der Waals surface area (Å²) in [4.78, 5) is 29.1. The zero-order valence-electron chi connectivity index (χ0n) is 23.3. The average molecular weight is 577 g/mol. The number of carbonyl (C=O) groups excluding carboxylic acids is 1. The number of nitrogens with zero attached hydrogens (tertiary/aromatic N) is 7. The van der Waals surface area contributed by atoms with E-state index in [-0.39, 0.29) is 18.0 Å². The largest absolute Gasteiger partial charge is 0.495 e. The van der Waals surface area contributed by atoms with Gasteiger partial charge in [0.25, 0.3) is 5.91 Å². The van der Waals surface area contributed by atoms with E-state index in [1.807, 2.05) is 6.07 Å². The van der Waals surface area contributed by atoms with E-state index in [2.05, 4.69) is 25.4 Å². The fourth-order valence-electron chi connectivity index (χ4n) is 5.50. The maximum Gasteiger partial charge on any atom is 0.435 e. The van der Waals surface area contributed by atoms with Crippen molar-refractivity contribution in [1.82, 2.24) is 29.3 Å². The summed E-state index contributed by atoms with van der Waals surface area (Å²) in [6.07, 6.45) is 1.97. The maximum absolute atomic E-state index is 14.2.